The predicted molar refractivity (Wildman–Crippen MR) is 149 cm³/mol. The van der Waals surface area contributed by atoms with Gasteiger partial charge in [0.05, 0.1) is 18.8 Å². The van der Waals surface area contributed by atoms with Crippen LogP contribution in [0.2, 0.25) is 0 Å². The number of hydrazine groups is 1. The smallest absolute Gasteiger partial charge is 0.284 e. The summed E-state index contributed by atoms with van der Waals surface area (Å²) >= 11 is 12.6. The number of para-hydroxylation sites is 1. The van der Waals surface area contributed by atoms with E-state index in [1.807, 2.05) is 53.5 Å². The maximum atomic E-state index is 12.8. The predicted octanol–water partition coefficient (Wildman–Crippen LogP) is 4.74. The first-order valence-electron chi connectivity index (χ1n) is 10.8. The molecule has 2 aliphatic rings. The fourth-order valence-electron chi connectivity index (χ4n) is 3.93. The zero-order valence-corrected chi connectivity index (χ0v) is 21.1. The lowest BCUT2D eigenvalue weighted by atomic mass is 10.0. The van der Waals surface area contributed by atoms with Crippen LogP contribution in [0.1, 0.15) is 11.6 Å². The van der Waals surface area contributed by atoms with Crippen molar-refractivity contribution in [3.8, 4) is 5.75 Å². The molecular weight excluding hydrogens is 499 g/mol. The van der Waals surface area contributed by atoms with Crippen molar-refractivity contribution in [1.29, 1.82) is 0 Å². The third kappa shape index (κ3) is 4.72. The molecule has 35 heavy (non-hydrogen) atoms. The third-order valence-corrected chi connectivity index (χ3v) is 7.44. The van der Waals surface area contributed by atoms with Crippen molar-refractivity contribution in [2.24, 2.45) is 5.10 Å². The van der Waals surface area contributed by atoms with Crippen molar-refractivity contribution in [3.05, 3.63) is 90.5 Å². The van der Waals surface area contributed by atoms with E-state index >= 15 is 0 Å². The Bertz CT molecular complexity index is 1290. The molecular formula is C25H21N5O2S3. The maximum absolute atomic E-state index is 12.8. The number of amides is 1. The van der Waals surface area contributed by atoms with E-state index < -0.39 is 5.91 Å². The highest BCUT2D eigenvalue weighted by Crippen LogP contribution is 2.45. The zero-order chi connectivity index (χ0) is 24.4. The highest BCUT2D eigenvalue weighted by atomic mass is 32.2. The quantitative estimate of drug-likeness (QED) is 0.469. The topological polar surface area (TPSA) is 69.2 Å². The molecule has 2 heterocycles. The molecule has 2 aliphatic heterocycles. The molecule has 2 N–H and O–H groups in total. The Morgan fingerprint density at radius 2 is 1.66 bits per heavy atom. The first-order chi connectivity index (χ1) is 17.0. The average Bonchev–Trinajstić information content (AvgIpc) is 3.40. The molecule has 176 valence electrons. The van der Waals surface area contributed by atoms with E-state index in [-0.39, 0.29) is 16.3 Å². The van der Waals surface area contributed by atoms with Gasteiger partial charge >= 0.3 is 0 Å². The number of amidine groups is 1. The SMILES string of the molecule is COc1ccc(NC(=O)C(=S)NN2C(=S)SC3C2=NN(c2ccccc2)C3c2ccccc2)cc1. The molecule has 0 spiro atoms. The molecule has 1 saturated heterocycles. The molecule has 5 rings (SSSR count). The van der Waals surface area contributed by atoms with Crippen molar-refractivity contribution >= 4 is 68.6 Å². The number of nitrogens with one attached hydrogen (secondary N) is 2. The number of thiocarbonyl (C=S) groups is 2. The fraction of sp³-hybridized carbons (Fsp3) is 0.120. The largest absolute Gasteiger partial charge is 0.497 e. The van der Waals surface area contributed by atoms with Gasteiger partial charge in [0.2, 0.25) is 0 Å². The molecule has 0 saturated carbocycles. The standard InChI is InChI=1S/C25H21N5O2S3/c1-32-19-14-12-17(13-15-19)26-23(31)24(33)28-30-22-21(35-25(30)34)20(16-8-4-2-5-9-16)29(27-22)18-10-6-3-7-11-18/h2-15,20-21H,1H3,(H,26,31)(H,28,33). The lowest BCUT2D eigenvalue weighted by Gasteiger charge is -2.26. The first kappa shape index (κ1) is 23.3. The molecule has 3 aromatic rings. The Hall–Kier alpha value is -3.47. The third-order valence-electron chi connectivity index (χ3n) is 5.58. The highest BCUT2D eigenvalue weighted by Gasteiger charge is 2.49. The minimum Gasteiger partial charge on any atom is -0.497 e. The van der Waals surface area contributed by atoms with Gasteiger partial charge in [0.15, 0.2) is 15.1 Å². The number of thioether (sulfide) groups is 1. The van der Waals surface area contributed by atoms with Crippen LogP contribution in [-0.2, 0) is 4.79 Å². The lowest BCUT2D eigenvalue weighted by Crippen LogP contribution is -2.48. The number of anilines is 2. The van der Waals surface area contributed by atoms with Crippen LogP contribution in [-0.4, -0.2) is 38.4 Å². The Balaban J connectivity index is 1.37. The normalized spacial score (nSPS) is 18.7. The Kier molecular flexibility index (Phi) is 6.67. The summed E-state index contributed by atoms with van der Waals surface area (Å²) in [5, 5.41) is 11.3. The Labute approximate surface area is 218 Å². The molecule has 0 bridgehead atoms. The van der Waals surface area contributed by atoms with E-state index in [2.05, 4.69) is 22.9 Å². The summed E-state index contributed by atoms with van der Waals surface area (Å²) < 4.78 is 5.71. The van der Waals surface area contributed by atoms with Gasteiger partial charge in [-0.3, -0.25) is 15.2 Å². The van der Waals surface area contributed by atoms with Crippen LogP contribution in [0.3, 0.4) is 0 Å². The van der Waals surface area contributed by atoms with Gasteiger partial charge in [-0.1, -0.05) is 84.7 Å². The number of hydrogen-bond acceptors (Lipinski definition) is 7. The molecule has 2 atom stereocenters. The highest BCUT2D eigenvalue weighted by molar-refractivity contribution is 8.24. The maximum Gasteiger partial charge on any atom is 0.284 e. The number of ether oxygens (including phenoxy) is 1. The average molecular weight is 520 g/mol. The summed E-state index contributed by atoms with van der Waals surface area (Å²) in [6, 6.07) is 27.1. The number of carbonyl (C=O) groups is 1. The van der Waals surface area contributed by atoms with E-state index in [0.717, 1.165) is 11.3 Å². The summed E-state index contributed by atoms with van der Waals surface area (Å²) in [6.45, 7) is 0. The zero-order valence-electron chi connectivity index (χ0n) is 18.6. The summed E-state index contributed by atoms with van der Waals surface area (Å²) in [4.78, 5) is 12.7. The molecule has 2 unspecified atom stereocenters. The van der Waals surface area contributed by atoms with Crippen molar-refractivity contribution < 1.29 is 9.53 Å². The van der Waals surface area contributed by atoms with Crippen LogP contribution < -0.4 is 20.5 Å². The molecule has 3 aromatic carbocycles. The van der Waals surface area contributed by atoms with Crippen molar-refractivity contribution in [1.82, 2.24) is 10.4 Å². The van der Waals surface area contributed by atoms with Gasteiger partial charge < -0.3 is 10.1 Å². The second-order valence-electron chi connectivity index (χ2n) is 7.76. The van der Waals surface area contributed by atoms with Crippen molar-refractivity contribution in [2.75, 3.05) is 17.4 Å². The molecule has 0 aromatic heterocycles. The molecule has 0 radical (unpaired) electrons. The second kappa shape index (κ2) is 10.0. The van der Waals surface area contributed by atoms with Crippen LogP contribution >= 0.6 is 36.2 Å². The van der Waals surface area contributed by atoms with E-state index in [4.69, 9.17) is 34.3 Å². The van der Waals surface area contributed by atoms with Crippen molar-refractivity contribution in [2.45, 2.75) is 11.3 Å². The number of nitrogens with zero attached hydrogens (tertiary/aromatic N) is 3. The minimum atomic E-state index is -0.445. The monoisotopic (exact) mass is 519 g/mol. The van der Waals surface area contributed by atoms with Crippen LogP contribution in [0.4, 0.5) is 11.4 Å². The number of hydrazone groups is 1. The van der Waals surface area contributed by atoms with Gasteiger partial charge in [-0.05, 0) is 42.0 Å². The van der Waals surface area contributed by atoms with E-state index in [9.17, 15) is 4.79 Å². The second-order valence-corrected chi connectivity index (χ2v) is 9.94. The number of benzene rings is 3. The van der Waals surface area contributed by atoms with Crippen molar-refractivity contribution in [3.63, 3.8) is 0 Å². The van der Waals surface area contributed by atoms with Crippen LogP contribution in [0.15, 0.2) is 90.0 Å². The summed E-state index contributed by atoms with van der Waals surface area (Å²) in [7, 11) is 1.59. The number of methoxy groups -OCH3 is 1. The number of carbonyl (C=O) groups excluding carboxylic acids is 1. The molecule has 0 aliphatic carbocycles. The lowest BCUT2D eigenvalue weighted by molar-refractivity contribution is -0.110. The van der Waals surface area contributed by atoms with E-state index in [0.29, 0.717) is 21.6 Å². The van der Waals surface area contributed by atoms with Gasteiger partial charge in [0.25, 0.3) is 5.91 Å². The number of fused-ring (bicyclic) bond motifs is 1. The van der Waals surface area contributed by atoms with Crippen LogP contribution in [0, 0.1) is 0 Å². The number of hydrogen-bond donors (Lipinski definition) is 2. The molecule has 1 fully saturated rings. The fourth-order valence-corrected chi connectivity index (χ4v) is 5.64. The van der Waals surface area contributed by atoms with E-state index in [1.165, 1.54) is 11.8 Å². The molecule has 7 nitrogen and oxygen atoms in total. The summed E-state index contributed by atoms with van der Waals surface area (Å²) in [6.07, 6.45) is 0. The Morgan fingerprint density at radius 3 is 2.31 bits per heavy atom. The summed E-state index contributed by atoms with van der Waals surface area (Å²) in [5.74, 6) is 0.959. The molecule has 1 amide bonds. The minimum absolute atomic E-state index is 0.0125. The first-order valence-corrected chi connectivity index (χ1v) is 12.5. The van der Waals surface area contributed by atoms with Crippen LogP contribution in [0.25, 0.3) is 0 Å². The number of rotatable bonds is 5. The van der Waals surface area contributed by atoms with Gasteiger partial charge in [-0.15, -0.1) is 0 Å². The molecule has 10 heteroatoms. The Morgan fingerprint density at radius 1 is 1.00 bits per heavy atom. The van der Waals surface area contributed by atoms with Gasteiger partial charge in [-0.2, -0.15) is 5.10 Å². The van der Waals surface area contributed by atoms with Gasteiger partial charge in [0, 0.05) is 5.69 Å². The van der Waals surface area contributed by atoms with Gasteiger partial charge in [-0.25, -0.2) is 5.01 Å². The van der Waals surface area contributed by atoms with E-state index in [1.54, 1.807) is 36.4 Å². The van der Waals surface area contributed by atoms with Gasteiger partial charge in [0.1, 0.15) is 11.0 Å². The van der Waals surface area contributed by atoms with Crippen LogP contribution in [0.5, 0.6) is 5.75 Å². The summed E-state index contributed by atoms with van der Waals surface area (Å²) in [5.41, 5.74) is 5.69.